The van der Waals surface area contributed by atoms with E-state index in [-0.39, 0.29) is 23.8 Å². The highest BCUT2D eigenvalue weighted by molar-refractivity contribution is 5.94. The lowest BCUT2D eigenvalue weighted by atomic mass is 9.97. The molecule has 0 aliphatic carbocycles. The molecule has 2 atom stereocenters. The Morgan fingerprint density at radius 2 is 1.89 bits per heavy atom. The summed E-state index contributed by atoms with van der Waals surface area (Å²) in [4.78, 5) is 37.9. The van der Waals surface area contributed by atoms with Crippen LogP contribution in [-0.2, 0) is 16.1 Å². The number of piperidine rings is 1. The van der Waals surface area contributed by atoms with Gasteiger partial charge >= 0.3 is 0 Å². The summed E-state index contributed by atoms with van der Waals surface area (Å²) in [5, 5.41) is 9.01. The van der Waals surface area contributed by atoms with Crippen LogP contribution < -0.4 is 16.0 Å². The maximum atomic E-state index is 12.8. The predicted molar refractivity (Wildman–Crippen MR) is 107 cm³/mol. The standard InChI is InChI=1S/C21H30N4O3/c1-15(26)23-12-16-6-8-18(9-7-16)21(28)25-11-3-4-17(14-25)13-24-20(27)19-5-2-10-22-19/h6-9,17,19,22H,2-5,10-14H2,1H3,(H,23,26)(H,24,27). The summed E-state index contributed by atoms with van der Waals surface area (Å²) in [6, 6.07) is 7.32. The van der Waals surface area contributed by atoms with Crippen molar-refractivity contribution in [3.8, 4) is 0 Å². The fourth-order valence-corrected chi connectivity index (χ4v) is 3.87. The van der Waals surface area contributed by atoms with Crippen molar-refractivity contribution >= 4 is 17.7 Å². The summed E-state index contributed by atoms with van der Waals surface area (Å²) < 4.78 is 0. The van der Waals surface area contributed by atoms with Crippen LogP contribution in [-0.4, -0.2) is 54.8 Å². The molecule has 0 aromatic heterocycles. The van der Waals surface area contributed by atoms with Gasteiger partial charge in [0.05, 0.1) is 6.04 Å². The van der Waals surface area contributed by atoms with Gasteiger partial charge in [0, 0.05) is 38.7 Å². The van der Waals surface area contributed by atoms with E-state index in [0.717, 1.165) is 44.3 Å². The molecule has 152 valence electrons. The molecule has 2 aliphatic rings. The average Bonchev–Trinajstić information content (AvgIpc) is 3.25. The second kappa shape index (κ2) is 9.68. The number of amides is 3. The molecule has 2 saturated heterocycles. The third-order valence-electron chi connectivity index (χ3n) is 5.49. The van der Waals surface area contributed by atoms with Crippen molar-refractivity contribution in [2.24, 2.45) is 5.92 Å². The summed E-state index contributed by atoms with van der Waals surface area (Å²) in [5.74, 6) is 0.327. The molecule has 0 spiro atoms. The minimum Gasteiger partial charge on any atom is -0.354 e. The van der Waals surface area contributed by atoms with E-state index in [1.54, 1.807) is 0 Å². The number of carbonyl (C=O) groups is 3. The molecule has 0 bridgehead atoms. The van der Waals surface area contributed by atoms with Crippen LogP contribution in [0.25, 0.3) is 0 Å². The second-order valence-electron chi connectivity index (χ2n) is 7.76. The van der Waals surface area contributed by atoms with Crippen molar-refractivity contribution in [3.05, 3.63) is 35.4 Å². The summed E-state index contributed by atoms with van der Waals surface area (Å²) in [7, 11) is 0. The maximum absolute atomic E-state index is 12.8. The van der Waals surface area contributed by atoms with Gasteiger partial charge in [-0.2, -0.15) is 0 Å². The summed E-state index contributed by atoms with van der Waals surface area (Å²) in [5.41, 5.74) is 1.62. The van der Waals surface area contributed by atoms with E-state index in [4.69, 9.17) is 0 Å². The Morgan fingerprint density at radius 3 is 2.57 bits per heavy atom. The predicted octanol–water partition coefficient (Wildman–Crippen LogP) is 1.04. The van der Waals surface area contributed by atoms with Crippen LogP contribution in [0, 0.1) is 5.92 Å². The van der Waals surface area contributed by atoms with Gasteiger partial charge in [0.2, 0.25) is 11.8 Å². The van der Waals surface area contributed by atoms with E-state index >= 15 is 0 Å². The number of hydrogen-bond acceptors (Lipinski definition) is 4. The second-order valence-corrected chi connectivity index (χ2v) is 7.76. The van der Waals surface area contributed by atoms with Crippen LogP contribution in [0.15, 0.2) is 24.3 Å². The van der Waals surface area contributed by atoms with Gasteiger partial charge in [0.1, 0.15) is 0 Å². The van der Waals surface area contributed by atoms with E-state index < -0.39 is 0 Å². The van der Waals surface area contributed by atoms with Gasteiger partial charge in [-0.1, -0.05) is 12.1 Å². The number of nitrogens with one attached hydrogen (secondary N) is 3. The van der Waals surface area contributed by atoms with Crippen molar-refractivity contribution in [1.29, 1.82) is 0 Å². The van der Waals surface area contributed by atoms with Crippen LogP contribution in [0.3, 0.4) is 0 Å². The summed E-state index contributed by atoms with van der Waals surface area (Å²) in [6.45, 7) is 4.90. The van der Waals surface area contributed by atoms with Crippen LogP contribution in [0.4, 0.5) is 0 Å². The molecule has 7 heteroatoms. The molecular weight excluding hydrogens is 356 g/mol. The lowest BCUT2D eigenvalue weighted by Crippen LogP contribution is -2.46. The van der Waals surface area contributed by atoms with Crippen molar-refractivity contribution in [2.45, 2.75) is 45.2 Å². The highest BCUT2D eigenvalue weighted by atomic mass is 16.2. The molecule has 7 nitrogen and oxygen atoms in total. The zero-order valence-corrected chi connectivity index (χ0v) is 16.5. The quantitative estimate of drug-likeness (QED) is 0.681. The number of carbonyl (C=O) groups excluding carboxylic acids is 3. The number of hydrogen-bond donors (Lipinski definition) is 3. The smallest absolute Gasteiger partial charge is 0.253 e. The molecule has 2 aliphatic heterocycles. The van der Waals surface area contributed by atoms with E-state index in [1.807, 2.05) is 29.2 Å². The molecule has 2 fully saturated rings. The first kappa shape index (κ1) is 20.3. The van der Waals surface area contributed by atoms with E-state index in [9.17, 15) is 14.4 Å². The van der Waals surface area contributed by atoms with Gasteiger partial charge in [-0.3, -0.25) is 14.4 Å². The molecule has 1 aromatic carbocycles. The Bertz CT molecular complexity index is 698. The molecule has 0 radical (unpaired) electrons. The fraction of sp³-hybridized carbons (Fsp3) is 0.571. The first-order valence-corrected chi connectivity index (χ1v) is 10.2. The lowest BCUT2D eigenvalue weighted by molar-refractivity contribution is -0.123. The molecule has 2 unspecified atom stereocenters. The Kier molecular flexibility index (Phi) is 7.03. The largest absolute Gasteiger partial charge is 0.354 e. The topological polar surface area (TPSA) is 90.5 Å². The van der Waals surface area contributed by atoms with Gasteiger partial charge in [0.15, 0.2) is 0 Å². The third-order valence-corrected chi connectivity index (χ3v) is 5.49. The fourth-order valence-electron chi connectivity index (χ4n) is 3.87. The summed E-state index contributed by atoms with van der Waals surface area (Å²) in [6.07, 6.45) is 3.93. The zero-order chi connectivity index (χ0) is 19.9. The average molecular weight is 386 g/mol. The molecule has 2 heterocycles. The molecule has 3 amide bonds. The van der Waals surface area contributed by atoms with Gasteiger partial charge in [0.25, 0.3) is 5.91 Å². The van der Waals surface area contributed by atoms with Crippen LogP contribution in [0.5, 0.6) is 0 Å². The van der Waals surface area contributed by atoms with Crippen molar-refractivity contribution in [3.63, 3.8) is 0 Å². The number of benzene rings is 1. The SMILES string of the molecule is CC(=O)NCc1ccc(C(=O)N2CCCC(CNC(=O)C3CCCN3)C2)cc1. The van der Waals surface area contributed by atoms with Gasteiger partial charge in [-0.05, 0) is 55.8 Å². The monoisotopic (exact) mass is 386 g/mol. The lowest BCUT2D eigenvalue weighted by Gasteiger charge is -2.33. The van der Waals surface area contributed by atoms with Crippen LogP contribution >= 0.6 is 0 Å². The number of nitrogens with zero attached hydrogens (tertiary/aromatic N) is 1. The third kappa shape index (κ3) is 5.55. The minimum absolute atomic E-state index is 0.0274. The molecular formula is C21H30N4O3. The summed E-state index contributed by atoms with van der Waals surface area (Å²) >= 11 is 0. The van der Waals surface area contributed by atoms with Gasteiger partial charge < -0.3 is 20.9 Å². The number of rotatable bonds is 6. The Balaban J connectivity index is 1.49. The molecule has 3 N–H and O–H groups in total. The molecule has 3 rings (SSSR count). The molecule has 0 saturated carbocycles. The maximum Gasteiger partial charge on any atom is 0.253 e. The van der Waals surface area contributed by atoms with Crippen LogP contribution in [0.2, 0.25) is 0 Å². The zero-order valence-electron chi connectivity index (χ0n) is 16.5. The van der Waals surface area contributed by atoms with Crippen molar-refractivity contribution in [1.82, 2.24) is 20.9 Å². The minimum atomic E-state index is -0.0738. The molecule has 28 heavy (non-hydrogen) atoms. The number of likely N-dealkylation sites (tertiary alicyclic amines) is 1. The van der Waals surface area contributed by atoms with E-state index in [1.165, 1.54) is 6.92 Å². The van der Waals surface area contributed by atoms with E-state index in [2.05, 4.69) is 16.0 Å². The highest BCUT2D eigenvalue weighted by Crippen LogP contribution is 2.19. The Morgan fingerprint density at radius 1 is 1.11 bits per heavy atom. The van der Waals surface area contributed by atoms with Crippen molar-refractivity contribution < 1.29 is 14.4 Å². The Labute approximate surface area is 166 Å². The molecule has 1 aromatic rings. The Hall–Kier alpha value is -2.41. The first-order chi connectivity index (χ1) is 13.5. The normalized spacial score (nSPS) is 22.0. The van der Waals surface area contributed by atoms with E-state index in [0.29, 0.717) is 31.1 Å². The van der Waals surface area contributed by atoms with Crippen LogP contribution in [0.1, 0.15) is 48.5 Å². The van der Waals surface area contributed by atoms with Gasteiger partial charge in [-0.25, -0.2) is 0 Å². The van der Waals surface area contributed by atoms with Crippen molar-refractivity contribution in [2.75, 3.05) is 26.2 Å². The highest BCUT2D eigenvalue weighted by Gasteiger charge is 2.26. The van der Waals surface area contributed by atoms with Gasteiger partial charge in [-0.15, -0.1) is 0 Å². The first-order valence-electron chi connectivity index (χ1n) is 10.2.